The van der Waals surface area contributed by atoms with Gasteiger partial charge < -0.3 is 14.7 Å². The Morgan fingerprint density at radius 2 is 1.74 bits per heavy atom. The van der Waals surface area contributed by atoms with Crippen LogP contribution in [0, 0.1) is 5.92 Å². The normalized spacial score (nSPS) is 21.8. The minimum Gasteiger partial charge on any atom is -0.481 e. The van der Waals surface area contributed by atoms with Crippen LogP contribution in [0.25, 0.3) is 0 Å². The van der Waals surface area contributed by atoms with Gasteiger partial charge in [0.2, 0.25) is 5.91 Å². The van der Waals surface area contributed by atoms with E-state index in [2.05, 4.69) is 0 Å². The molecule has 2 aliphatic rings. The Morgan fingerprint density at radius 3 is 2.32 bits per heavy atom. The van der Waals surface area contributed by atoms with Crippen molar-refractivity contribution < 1.29 is 19.4 Å². The molecule has 108 valence electrons. The molecule has 5 nitrogen and oxygen atoms in total. The van der Waals surface area contributed by atoms with Crippen LogP contribution in [0.5, 0.6) is 0 Å². The smallest absolute Gasteiger partial charge is 0.303 e. The Labute approximate surface area is 113 Å². The second-order valence-electron chi connectivity index (χ2n) is 5.64. The quantitative estimate of drug-likeness (QED) is 0.824. The first-order chi connectivity index (χ1) is 9.15. The van der Waals surface area contributed by atoms with Gasteiger partial charge in [0, 0.05) is 19.5 Å². The lowest BCUT2D eigenvalue weighted by atomic mass is 9.93. The second-order valence-corrected chi connectivity index (χ2v) is 5.64. The monoisotopic (exact) mass is 269 g/mol. The Morgan fingerprint density at radius 1 is 1.11 bits per heavy atom. The summed E-state index contributed by atoms with van der Waals surface area (Å²) in [7, 11) is 0. The number of nitrogens with zero attached hydrogens (tertiary/aromatic N) is 1. The molecule has 1 amide bonds. The van der Waals surface area contributed by atoms with E-state index < -0.39 is 5.97 Å². The zero-order valence-corrected chi connectivity index (χ0v) is 11.3. The third-order valence-electron chi connectivity index (χ3n) is 4.18. The number of ether oxygens (including phenoxy) is 1. The lowest BCUT2D eigenvalue weighted by Gasteiger charge is -2.31. The molecule has 2 rings (SSSR count). The number of hydrogen-bond acceptors (Lipinski definition) is 3. The van der Waals surface area contributed by atoms with Crippen molar-refractivity contribution in [1.82, 2.24) is 4.90 Å². The van der Waals surface area contributed by atoms with Gasteiger partial charge in [0.15, 0.2) is 0 Å². The molecule has 1 saturated carbocycles. The first-order valence-corrected chi connectivity index (χ1v) is 7.26. The highest BCUT2D eigenvalue weighted by molar-refractivity contribution is 5.77. The summed E-state index contributed by atoms with van der Waals surface area (Å²) in [6.07, 6.45) is 6.65. The summed E-state index contributed by atoms with van der Waals surface area (Å²) in [4.78, 5) is 24.4. The maximum absolute atomic E-state index is 12.0. The van der Waals surface area contributed by atoms with Crippen LogP contribution in [0.1, 0.15) is 44.9 Å². The summed E-state index contributed by atoms with van der Waals surface area (Å²) in [6.45, 7) is 1.53. The molecule has 1 N–H and O–H groups in total. The van der Waals surface area contributed by atoms with Crippen LogP contribution in [0.15, 0.2) is 0 Å². The molecular weight excluding hydrogens is 246 g/mol. The zero-order chi connectivity index (χ0) is 13.7. The largest absolute Gasteiger partial charge is 0.481 e. The van der Waals surface area contributed by atoms with E-state index in [4.69, 9.17) is 9.84 Å². The van der Waals surface area contributed by atoms with Crippen molar-refractivity contribution >= 4 is 11.9 Å². The number of hydrogen-bond donors (Lipinski definition) is 1. The molecule has 0 unspecified atom stereocenters. The van der Waals surface area contributed by atoms with Gasteiger partial charge in [-0.1, -0.05) is 12.8 Å². The molecule has 0 aromatic heterocycles. The van der Waals surface area contributed by atoms with Gasteiger partial charge in [-0.25, -0.2) is 0 Å². The molecular formula is C14H23NO4. The van der Waals surface area contributed by atoms with Crippen LogP contribution >= 0.6 is 0 Å². The summed E-state index contributed by atoms with van der Waals surface area (Å²) >= 11 is 0. The van der Waals surface area contributed by atoms with Crippen molar-refractivity contribution in [3.8, 4) is 0 Å². The molecule has 5 heteroatoms. The number of carboxylic acid groups (broad SMARTS) is 1. The molecule has 2 fully saturated rings. The van der Waals surface area contributed by atoms with Crippen molar-refractivity contribution in [2.24, 2.45) is 5.92 Å². The highest BCUT2D eigenvalue weighted by Crippen LogP contribution is 2.22. The van der Waals surface area contributed by atoms with Gasteiger partial charge in [0.25, 0.3) is 0 Å². The molecule has 1 aliphatic heterocycles. The standard InChI is InChI=1S/C14H23NO4/c16-13(10-19-12-3-1-2-4-12)15-7-5-11(6-8-15)9-14(17)18/h11-12H,1-10H2,(H,17,18). The molecule has 0 bridgehead atoms. The van der Waals surface area contributed by atoms with Crippen molar-refractivity contribution in [1.29, 1.82) is 0 Å². The summed E-state index contributed by atoms with van der Waals surface area (Å²) < 4.78 is 5.62. The van der Waals surface area contributed by atoms with Crippen molar-refractivity contribution in [3.63, 3.8) is 0 Å². The molecule has 1 heterocycles. The van der Waals surface area contributed by atoms with Gasteiger partial charge >= 0.3 is 5.97 Å². The van der Waals surface area contributed by atoms with Crippen LogP contribution in [0.4, 0.5) is 0 Å². The highest BCUT2D eigenvalue weighted by Gasteiger charge is 2.25. The summed E-state index contributed by atoms with van der Waals surface area (Å²) in [5.74, 6) is -0.465. The van der Waals surface area contributed by atoms with Crippen LogP contribution in [0.3, 0.4) is 0 Å². The maximum atomic E-state index is 12.0. The average molecular weight is 269 g/mol. The molecule has 1 saturated heterocycles. The Balaban J connectivity index is 1.65. The van der Waals surface area contributed by atoms with E-state index in [9.17, 15) is 9.59 Å². The van der Waals surface area contributed by atoms with E-state index >= 15 is 0 Å². The number of likely N-dealkylation sites (tertiary alicyclic amines) is 1. The van der Waals surface area contributed by atoms with E-state index in [0.29, 0.717) is 13.1 Å². The minimum absolute atomic E-state index is 0.0562. The fourth-order valence-electron chi connectivity index (χ4n) is 2.97. The van der Waals surface area contributed by atoms with Crippen molar-refractivity contribution in [2.45, 2.75) is 51.0 Å². The molecule has 0 atom stereocenters. The first kappa shape index (κ1) is 14.3. The third-order valence-corrected chi connectivity index (χ3v) is 4.18. The number of amides is 1. The van der Waals surface area contributed by atoms with Gasteiger partial charge in [0.05, 0.1) is 6.10 Å². The van der Waals surface area contributed by atoms with Crippen molar-refractivity contribution in [2.75, 3.05) is 19.7 Å². The summed E-state index contributed by atoms with van der Waals surface area (Å²) in [6, 6.07) is 0. The fourth-order valence-corrected chi connectivity index (χ4v) is 2.97. The number of aliphatic carboxylic acids is 1. The van der Waals surface area contributed by atoms with Crippen LogP contribution in [0.2, 0.25) is 0 Å². The SMILES string of the molecule is O=C(O)CC1CCN(C(=O)COC2CCCC2)CC1. The molecule has 19 heavy (non-hydrogen) atoms. The predicted octanol–water partition coefficient (Wildman–Crippen LogP) is 1.66. The predicted molar refractivity (Wildman–Crippen MR) is 69.8 cm³/mol. The second kappa shape index (κ2) is 6.89. The molecule has 1 aliphatic carbocycles. The first-order valence-electron chi connectivity index (χ1n) is 7.26. The van der Waals surface area contributed by atoms with E-state index in [1.54, 1.807) is 0 Å². The summed E-state index contributed by atoms with van der Waals surface area (Å²) in [5, 5.41) is 8.75. The lowest BCUT2D eigenvalue weighted by Crippen LogP contribution is -2.41. The van der Waals surface area contributed by atoms with E-state index in [0.717, 1.165) is 25.7 Å². The molecule has 0 spiro atoms. The highest BCUT2D eigenvalue weighted by atomic mass is 16.5. The fraction of sp³-hybridized carbons (Fsp3) is 0.857. The minimum atomic E-state index is -0.741. The Bertz CT molecular complexity index is 317. The van der Waals surface area contributed by atoms with Gasteiger partial charge in [-0.05, 0) is 31.6 Å². The number of piperidine rings is 1. The third kappa shape index (κ3) is 4.49. The molecule has 0 aromatic carbocycles. The summed E-state index contributed by atoms with van der Waals surface area (Å²) in [5.41, 5.74) is 0. The number of carbonyl (C=O) groups is 2. The van der Waals surface area contributed by atoms with Crippen LogP contribution in [-0.4, -0.2) is 47.7 Å². The van der Waals surface area contributed by atoms with E-state index in [-0.39, 0.29) is 31.0 Å². The van der Waals surface area contributed by atoms with Crippen LogP contribution < -0.4 is 0 Å². The lowest BCUT2D eigenvalue weighted by molar-refractivity contribution is -0.140. The molecule has 0 radical (unpaired) electrons. The van der Waals surface area contributed by atoms with Crippen LogP contribution in [-0.2, 0) is 14.3 Å². The number of carboxylic acids is 1. The number of rotatable bonds is 5. The molecule has 0 aromatic rings. The average Bonchev–Trinajstić information content (AvgIpc) is 2.89. The van der Waals surface area contributed by atoms with Gasteiger partial charge in [0.1, 0.15) is 6.61 Å². The van der Waals surface area contributed by atoms with Gasteiger partial charge in [-0.2, -0.15) is 0 Å². The maximum Gasteiger partial charge on any atom is 0.303 e. The number of carbonyl (C=O) groups excluding carboxylic acids is 1. The topological polar surface area (TPSA) is 66.8 Å². The van der Waals surface area contributed by atoms with Gasteiger partial charge in [-0.3, -0.25) is 9.59 Å². The Kier molecular flexibility index (Phi) is 5.19. The Hall–Kier alpha value is -1.10. The zero-order valence-electron chi connectivity index (χ0n) is 11.3. The van der Waals surface area contributed by atoms with E-state index in [1.807, 2.05) is 4.90 Å². The van der Waals surface area contributed by atoms with Crippen molar-refractivity contribution in [3.05, 3.63) is 0 Å². The van der Waals surface area contributed by atoms with E-state index in [1.165, 1.54) is 12.8 Å². The van der Waals surface area contributed by atoms with Gasteiger partial charge in [-0.15, -0.1) is 0 Å².